The largest absolute Gasteiger partial charge is 0.355 e. The summed E-state index contributed by atoms with van der Waals surface area (Å²) in [6, 6.07) is 6.06. The molecule has 0 radical (unpaired) electrons. The highest BCUT2D eigenvalue weighted by Gasteiger charge is 2.16. The van der Waals surface area contributed by atoms with E-state index in [0.29, 0.717) is 18.7 Å². The highest BCUT2D eigenvalue weighted by molar-refractivity contribution is 5.78. The van der Waals surface area contributed by atoms with Crippen LogP contribution >= 0.6 is 0 Å². The van der Waals surface area contributed by atoms with Crippen molar-refractivity contribution in [3.63, 3.8) is 0 Å². The number of nitrogens with two attached hydrogens (primary N) is 1. The Morgan fingerprint density at radius 1 is 1.47 bits per heavy atom. The first-order valence-electron chi connectivity index (χ1n) is 5.64. The average Bonchev–Trinajstić information content (AvgIpc) is 2.27. The number of benzene rings is 1. The quantitative estimate of drug-likeness (QED) is 0.816. The molecule has 0 fully saturated rings. The fourth-order valence-corrected chi connectivity index (χ4v) is 1.30. The summed E-state index contributed by atoms with van der Waals surface area (Å²) in [5.41, 5.74) is 6.12. The molecular weight excluding hydrogens is 219 g/mol. The standard InChI is InChI=1S/C13H19FN2O/c1-13(2,8-15)9-16-12(17)7-10-4-3-5-11(14)6-10/h3-6H,7-9,15H2,1-2H3,(H,16,17). The van der Waals surface area contributed by atoms with Crippen LogP contribution in [0.4, 0.5) is 4.39 Å². The molecule has 3 nitrogen and oxygen atoms in total. The molecule has 0 aliphatic heterocycles. The van der Waals surface area contributed by atoms with Crippen LogP contribution in [-0.4, -0.2) is 19.0 Å². The molecule has 1 amide bonds. The Bertz CT molecular complexity index is 391. The molecule has 0 spiro atoms. The van der Waals surface area contributed by atoms with Gasteiger partial charge in [-0.3, -0.25) is 4.79 Å². The Morgan fingerprint density at radius 3 is 2.76 bits per heavy atom. The van der Waals surface area contributed by atoms with Crippen molar-refractivity contribution >= 4 is 5.91 Å². The molecule has 1 aromatic rings. The van der Waals surface area contributed by atoms with Gasteiger partial charge in [-0.1, -0.05) is 26.0 Å². The maximum absolute atomic E-state index is 12.9. The van der Waals surface area contributed by atoms with Crippen molar-refractivity contribution in [1.29, 1.82) is 0 Å². The lowest BCUT2D eigenvalue weighted by atomic mass is 9.94. The number of hydrogen-bond acceptors (Lipinski definition) is 2. The van der Waals surface area contributed by atoms with Gasteiger partial charge >= 0.3 is 0 Å². The van der Waals surface area contributed by atoms with Gasteiger partial charge in [0.05, 0.1) is 6.42 Å². The van der Waals surface area contributed by atoms with E-state index in [1.807, 2.05) is 13.8 Å². The summed E-state index contributed by atoms with van der Waals surface area (Å²) in [6.45, 7) is 5.00. The molecule has 0 heterocycles. The topological polar surface area (TPSA) is 55.1 Å². The lowest BCUT2D eigenvalue weighted by Crippen LogP contribution is -2.39. The molecule has 94 valence electrons. The first kappa shape index (κ1) is 13.6. The van der Waals surface area contributed by atoms with Crippen LogP contribution in [0.1, 0.15) is 19.4 Å². The fourth-order valence-electron chi connectivity index (χ4n) is 1.30. The summed E-state index contributed by atoms with van der Waals surface area (Å²) in [6.07, 6.45) is 0.193. The number of carbonyl (C=O) groups excluding carboxylic acids is 1. The number of nitrogens with one attached hydrogen (secondary N) is 1. The van der Waals surface area contributed by atoms with Gasteiger partial charge in [0.25, 0.3) is 0 Å². The van der Waals surface area contributed by atoms with Crippen molar-refractivity contribution in [1.82, 2.24) is 5.32 Å². The zero-order valence-corrected chi connectivity index (χ0v) is 10.3. The van der Waals surface area contributed by atoms with Crippen LogP contribution in [0.15, 0.2) is 24.3 Å². The predicted molar refractivity (Wildman–Crippen MR) is 65.9 cm³/mol. The molecule has 0 atom stereocenters. The van der Waals surface area contributed by atoms with Gasteiger partial charge < -0.3 is 11.1 Å². The second kappa shape index (κ2) is 5.77. The van der Waals surface area contributed by atoms with Crippen LogP contribution in [0.3, 0.4) is 0 Å². The highest BCUT2D eigenvalue weighted by Crippen LogP contribution is 2.10. The zero-order chi connectivity index (χ0) is 12.9. The maximum atomic E-state index is 12.9. The number of halogens is 1. The highest BCUT2D eigenvalue weighted by atomic mass is 19.1. The molecule has 1 rings (SSSR count). The smallest absolute Gasteiger partial charge is 0.224 e. The lowest BCUT2D eigenvalue weighted by Gasteiger charge is -2.22. The van der Waals surface area contributed by atoms with Gasteiger partial charge in [-0.25, -0.2) is 4.39 Å². The summed E-state index contributed by atoms with van der Waals surface area (Å²) in [4.78, 5) is 11.6. The molecule has 4 heteroatoms. The van der Waals surface area contributed by atoms with E-state index in [2.05, 4.69) is 5.32 Å². The van der Waals surface area contributed by atoms with Gasteiger partial charge in [0, 0.05) is 6.54 Å². The Labute approximate surface area is 101 Å². The Balaban J connectivity index is 2.45. The lowest BCUT2D eigenvalue weighted by molar-refractivity contribution is -0.120. The van der Waals surface area contributed by atoms with E-state index in [1.54, 1.807) is 12.1 Å². The van der Waals surface area contributed by atoms with Gasteiger partial charge in [0.1, 0.15) is 5.82 Å². The number of carbonyl (C=O) groups is 1. The zero-order valence-electron chi connectivity index (χ0n) is 10.3. The van der Waals surface area contributed by atoms with E-state index in [1.165, 1.54) is 12.1 Å². The second-order valence-electron chi connectivity index (χ2n) is 4.95. The van der Waals surface area contributed by atoms with Crippen molar-refractivity contribution in [3.8, 4) is 0 Å². The Kier molecular flexibility index (Phi) is 4.63. The predicted octanol–water partition coefficient (Wildman–Crippen LogP) is 1.47. The van der Waals surface area contributed by atoms with E-state index in [0.717, 1.165) is 0 Å². The first-order valence-corrected chi connectivity index (χ1v) is 5.64. The van der Waals surface area contributed by atoms with Gasteiger partial charge in [0.2, 0.25) is 5.91 Å². The average molecular weight is 238 g/mol. The summed E-state index contributed by atoms with van der Waals surface area (Å²) in [5.74, 6) is -0.435. The van der Waals surface area contributed by atoms with Crippen LogP contribution in [0.25, 0.3) is 0 Å². The van der Waals surface area contributed by atoms with E-state index < -0.39 is 0 Å². The van der Waals surface area contributed by atoms with Crippen LogP contribution in [-0.2, 0) is 11.2 Å². The van der Waals surface area contributed by atoms with E-state index in [-0.39, 0.29) is 23.6 Å². The molecular formula is C13H19FN2O. The number of hydrogen-bond donors (Lipinski definition) is 2. The van der Waals surface area contributed by atoms with Crippen molar-refractivity contribution in [2.24, 2.45) is 11.1 Å². The number of amides is 1. The Morgan fingerprint density at radius 2 is 2.18 bits per heavy atom. The van der Waals surface area contributed by atoms with Crippen LogP contribution in [0, 0.1) is 11.2 Å². The summed E-state index contributed by atoms with van der Waals surface area (Å²) >= 11 is 0. The SMILES string of the molecule is CC(C)(CN)CNC(=O)Cc1cccc(F)c1. The normalized spacial score (nSPS) is 11.3. The molecule has 0 unspecified atom stereocenters. The minimum absolute atomic E-state index is 0.113. The summed E-state index contributed by atoms with van der Waals surface area (Å²) < 4.78 is 12.9. The molecule has 1 aromatic carbocycles. The van der Waals surface area contributed by atoms with Crippen LogP contribution < -0.4 is 11.1 Å². The third-order valence-corrected chi connectivity index (χ3v) is 2.57. The van der Waals surface area contributed by atoms with Gasteiger partial charge in [-0.15, -0.1) is 0 Å². The van der Waals surface area contributed by atoms with E-state index in [4.69, 9.17) is 5.73 Å². The monoisotopic (exact) mass is 238 g/mol. The fraction of sp³-hybridized carbons (Fsp3) is 0.462. The van der Waals surface area contributed by atoms with Crippen LogP contribution in [0.2, 0.25) is 0 Å². The first-order chi connectivity index (χ1) is 7.93. The molecule has 17 heavy (non-hydrogen) atoms. The third kappa shape index (κ3) is 4.95. The number of rotatable bonds is 5. The van der Waals surface area contributed by atoms with Gasteiger partial charge in [-0.2, -0.15) is 0 Å². The summed E-state index contributed by atoms with van der Waals surface area (Å²) in [7, 11) is 0. The summed E-state index contributed by atoms with van der Waals surface area (Å²) in [5, 5.41) is 2.80. The maximum Gasteiger partial charge on any atom is 0.224 e. The molecule has 0 aliphatic rings. The van der Waals surface area contributed by atoms with Crippen molar-refractivity contribution in [2.75, 3.05) is 13.1 Å². The molecule has 0 saturated heterocycles. The Hall–Kier alpha value is -1.42. The van der Waals surface area contributed by atoms with Gasteiger partial charge in [-0.05, 0) is 29.7 Å². The molecule has 0 aromatic heterocycles. The van der Waals surface area contributed by atoms with Crippen molar-refractivity contribution < 1.29 is 9.18 Å². The van der Waals surface area contributed by atoms with E-state index >= 15 is 0 Å². The van der Waals surface area contributed by atoms with Crippen molar-refractivity contribution in [3.05, 3.63) is 35.6 Å². The van der Waals surface area contributed by atoms with Crippen LogP contribution in [0.5, 0.6) is 0 Å². The molecule has 0 aliphatic carbocycles. The van der Waals surface area contributed by atoms with E-state index in [9.17, 15) is 9.18 Å². The second-order valence-corrected chi connectivity index (χ2v) is 4.95. The van der Waals surface area contributed by atoms with Crippen molar-refractivity contribution in [2.45, 2.75) is 20.3 Å². The third-order valence-electron chi connectivity index (χ3n) is 2.57. The minimum Gasteiger partial charge on any atom is -0.355 e. The molecule has 0 saturated carbocycles. The molecule has 3 N–H and O–H groups in total. The van der Waals surface area contributed by atoms with Gasteiger partial charge in [0.15, 0.2) is 0 Å². The minimum atomic E-state index is -0.322. The molecule has 0 bridgehead atoms.